The Balaban J connectivity index is 0.00000300. The molecule has 2 unspecified atom stereocenters. The van der Waals surface area contributed by atoms with Gasteiger partial charge in [0.25, 0.3) is 0 Å². The third kappa shape index (κ3) is 6.68. The van der Waals surface area contributed by atoms with E-state index in [0.717, 1.165) is 57.6 Å². The average molecular weight is 515 g/mol. The Bertz CT molecular complexity index is 658. The molecule has 2 aliphatic heterocycles. The van der Waals surface area contributed by atoms with E-state index in [9.17, 15) is 0 Å². The molecule has 0 radical (unpaired) electrons. The van der Waals surface area contributed by atoms with Crippen molar-refractivity contribution < 1.29 is 0 Å². The summed E-state index contributed by atoms with van der Waals surface area (Å²) in [4.78, 5) is 16.3. The van der Waals surface area contributed by atoms with Crippen molar-refractivity contribution in [2.75, 3.05) is 58.3 Å². The molecule has 2 N–H and O–H groups in total. The van der Waals surface area contributed by atoms with Crippen LogP contribution in [0.25, 0.3) is 0 Å². The van der Waals surface area contributed by atoms with Crippen LogP contribution in [0, 0.1) is 5.92 Å². The Labute approximate surface area is 193 Å². The summed E-state index contributed by atoms with van der Waals surface area (Å²) in [6.45, 7) is 14.1. The number of rotatable bonds is 5. The molecule has 0 amide bonds. The molecule has 0 aromatic carbocycles. The number of likely N-dealkylation sites (tertiary alicyclic amines) is 1. The molecule has 1 aromatic rings. The first kappa shape index (κ1) is 24.1. The number of piperazine rings is 1. The predicted octanol–water partition coefficient (Wildman–Crippen LogP) is 1.85. The Morgan fingerprint density at radius 2 is 1.97 bits per heavy atom. The van der Waals surface area contributed by atoms with Crippen LogP contribution in [0.5, 0.6) is 0 Å². The number of nitrogens with one attached hydrogen (secondary N) is 2. The summed E-state index contributed by atoms with van der Waals surface area (Å²) in [5, 5.41) is 7.10. The van der Waals surface area contributed by atoms with Gasteiger partial charge < -0.3 is 20.4 Å². The first-order chi connectivity index (χ1) is 13.5. The summed E-state index contributed by atoms with van der Waals surface area (Å²) in [6.07, 6.45) is 1.92. The number of guanidine groups is 1. The highest BCUT2D eigenvalue weighted by Crippen LogP contribution is 2.19. The van der Waals surface area contributed by atoms with E-state index in [4.69, 9.17) is 0 Å². The fourth-order valence-electron chi connectivity index (χ4n) is 3.95. The minimum atomic E-state index is 0. The third-order valence-electron chi connectivity index (χ3n) is 6.01. The van der Waals surface area contributed by atoms with Crippen LogP contribution in [0.15, 0.2) is 23.3 Å². The molecule has 164 valence electrons. The summed E-state index contributed by atoms with van der Waals surface area (Å²) in [6, 6.07) is 5.31. The van der Waals surface area contributed by atoms with Crippen LogP contribution in [0.4, 0.5) is 5.82 Å². The second-order valence-electron chi connectivity index (χ2n) is 8.51. The second-order valence-corrected chi connectivity index (χ2v) is 8.51. The number of likely N-dealkylation sites (N-methyl/N-ethyl adjacent to an activating group) is 1. The Morgan fingerprint density at radius 1 is 1.24 bits per heavy atom. The molecule has 3 rings (SSSR count). The molecule has 0 bridgehead atoms. The van der Waals surface area contributed by atoms with Gasteiger partial charge in [-0.2, -0.15) is 0 Å². The first-order valence-electron chi connectivity index (χ1n) is 10.6. The van der Waals surface area contributed by atoms with Crippen molar-refractivity contribution in [1.82, 2.24) is 25.4 Å². The van der Waals surface area contributed by atoms with Crippen molar-refractivity contribution in [3.8, 4) is 0 Å². The molecular formula is C21H38IN7. The topological polar surface area (TPSA) is 59.0 Å². The lowest BCUT2D eigenvalue weighted by Gasteiger charge is -2.33. The van der Waals surface area contributed by atoms with Gasteiger partial charge in [-0.15, -0.1) is 24.0 Å². The molecule has 0 saturated carbocycles. The third-order valence-corrected chi connectivity index (χ3v) is 6.01. The zero-order valence-electron chi connectivity index (χ0n) is 18.6. The Morgan fingerprint density at radius 3 is 2.59 bits per heavy atom. The SMILES string of the molecule is CN=C(NCc1ccnc(N2CCN(C)CC2)c1)NC1CN(C(C)C)CC1C.I. The van der Waals surface area contributed by atoms with E-state index in [-0.39, 0.29) is 24.0 Å². The first-order valence-corrected chi connectivity index (χ1v) is 10.6. The molecule has 0 aliphatic carbocycles. The van der Waals surface area contributed by atoms with Crippen molar-refractivity contribution >= 4 is 35.8 Å². The van der Waals surface area contributed by atoms with E-state index < -0.39 is 0 Å². The van der Waals surface area contributed by atoms with Crippen molar-refractivity contribution in [2.24, 2.45) is 10.9 Å². The van der Waals surface area contributed by atoms with Crippen LogP contribution in [-0.4, -0.2) is 86.2 Å². The summed E-state index contributed by atoms with van der Waals surface area (Å²) in [5.74, 6) is 2.57. The minimum Gasteiger partial charge on any atom is -0.354 e. The highest BCUT2D eigenvalue weighted by Gasteiger charge is 2.31. The molecule has 3 heterocycles. The van der Waals surface area contributed by atoms with Crippen molar-refractivity contribution in [3.05, 3.63) is 23.9 Å². The van der Waals surface area contributed by atoms with E-state index in [0.29, 0.717) is 18.0 Å². The van der Waals surface area contributed by atoms with Crippen molar-refractivity contribution in [1.29, 1.82) is 0 Å². The van der Waals surface area contributed by atoms with Gasteiger partial charge in [0, 0.05) is 71.1 Å². The minimum absolute atomic E-state index is 0. The maximum Gasteiger partial charge on any atom is 0.191 e. The number of pyridine rings is 1. The summed E-state index contributed by atoms with van der Waals surface area (Å²) < 4.78 is 0. The Hall–Kier alpha value is -1.13. The number of hydrogen-bond donors (Lipinski definition) is 2. The van der Waals surface area contributed by atoms with Gasteiger partial charge in [-0.05, 0) is 44.5 Å². The molecule has 7 nitrogen and oxygen atoms in total. The Kier molecular flexibility index (Phi) is 9.42. The van der Waals surface area contributed by atoms with Gasteiger partial charge in [-0.1, -0.05) is 6.92 Å². The summed E-state index contributed by atoms with van der Waals surface area (Å²) in [7, 11) is 4.02. The lowest BCUT2D eigenvalue weighted by molar-refractivity contribution is 0.265. The fraction of sp³-hybridized carbons (Fsp3) is 0.714. The molecule has 1 aromatic heterocycles. The van der Waals surface area contributed by atoms with Crippen LogP contribution in [-0.2, 0) is 6.54 Å². The smallest absolute Gasteiger partial charge is 0.191 e. The van der Waals surface area contributed by atoms with Gasteiger partial charge in [-0.25, -0.2) is 4.98 Å². The lowest BCUT2D eigenvalue weighted by Crippen LogP contribution is -2.46. The van der Waals surface area contributed by atoms with Gasteiger partial charge in [-0.3, -0.25) is 9.89 Å². The quantitative estimate of drug-likeness (QED) is 0.355. The van der Waals surface area contributed by atoms with Crippen LogP contribution in [0.2, 0.25) is 0 Å². The molecule has 2 saturated heterocycles. The molecule has 2 aliphatic rings. The number of anilines is 1. The normalized spacial score (nSPS) is 23.9. The standard InChI is InChI=1S/C21H37N7.HI/c1-16(2)28-14-17(3)19(15-28)25-21(22-4)24-13-18-6-7-23-20(12-18)27-10-8-26(5)9-11-27;/h6-7,12,16-17,19H,8-11,13-15H2,1-5H3,(H2,22,24,25);1H. The summed E-state index contributed by atoms with van der Waals surface area (Å²) >= 11 is 0. The van der Waals surface area contributed by atoms with Gasteiger partial charge >= 0.3 is 0 Å². The monoisotopic (exact) mass is 515 g/mol. The number of hydrogen-bond acceptors (Lipinski definition) is 5. The molecule has 29 heavy (non-hydrogen) atoms. The second kappa shape index (κ2) is 11.3. The van der Waals surface area contributed by atoms with E-state index in [2.05, 4.69) is 75.3 Å². The van der Waals surface area contributed by atoms with Crippen molar-refractivity contribution in [3.63, 3.8) is 0 Å². The summed E-state index contributed by atoms with van der Waals surface area (Å²) in [5.41, 5.74) is 1.23. The van der Waals surface area contributed by atoms with Gasteiger partial charge in [0.1, 0.15) is 5.82 Å². The largest absolute Gasteiger partial charge is 0.354 e. The van der Waals surface area contributed by atoms with E-state index in [1.807, 2.05) is 13.2 Å². The number of nitrogens with zero attached hydrogens (tertiary/aromatic N) is 5. The fourth-order valence-corrected chi connectivity index (χ4v) is 3.95. The van der Waals surface area contributed by atoms with Crippen LogP contribution < -0.4 is 15.5 Å². The van der Waals surface area contributed by atoms with E-state index in [1.165, 1.54) is 5.56 Å². The number of aliphatic imine (C=N–C) groups is 1. The van der Waals surface area contributed by atoms with Crippen LogP contribution in [0.3, 0.4) is 0 Å². The van der Waals surface area contributed by atoms with Gasteiger partial charge in [0.15, 0.2) is 5.96 Å². The molecule has 2 atom stereocenters. The van der Waals surface area contributed by atoms with Crippen LogP contribution >= 0.6 is 24.0 Å². The van der Waals surface area contributed by atoms with Crippen molar-refractivity contribution in [2.45, 2.75) is 39.4 Å². The highest BCUT2D eigenvalue weighted by molar-refractivity contribution is 14.0. The molecule has 2 fully saturated rings. The van der Waals surface area contributed by atoms with Crippen LogP contribution in [0.1, 0.15) is 26.3 Å². The maximum atomic E-state index is 4.58. The molecular weight excluding hydrogens is 477 g/mol. The van der Waals surface area contributed by atoms with Gasteiger partial charge in [0.05, 0.1) is 0 Å². The zero-order chi connectivity index (χ0) is 20.1. The molecule has 8 heteroatoms. The molecule has 0 spiro atoms. The highest BCUT2D eigenvalue weighted by atomic mass is 127. The number of aromatic nitrogens is 1. The van der Waals surface area contributed by atoms with E-state index >= 15 is 0 Å². The average Bonchev–Trinajstić information content (AvgIpc) is 3.06. The zero-order valence-corrected chi connectivity index (χ0v) is 20.9. The maximum absolute atomic E-state index is 4.58. The van der Waals surface area contributed by atoms with Gasteiger partial charge in [0.2, 0.25) is 0 Å². The lowest BCUT2D eigenvalue weighted by atomic mass is 10.1. The predicted molar refractivity (Wildman–Crippen MR) is 132 cm³/mol. The van der Waals surface area contributed by atoms with E-state index in [1.54, 1.807) is 0 Å². The number of halogens is 1.